The van der Waals surface area contributed by atoms with Crippen LogP contribution in [0.5, 0.6) is 11.5 Å². The molecule has 0 aliphatic carbocycles. The first-order valence-electron chi connectivity index (χ1n) is 9.33. The zero-order valence-electron chi connectivity index (χ0n) is 16.3. The zero-order chi connectivity index (χ0) is 20.8. The Labute approximate surface area is 174 Å². The van der Waals surface area contributed by atoms with Crippen LogP contribution in [-0.4, -0.2) is 27.8 Å². The van der Waals surface area contributed by atoms with Crippen LogP contribution < -0.4 is 9.47 Å². The predicted octanol–water partition coefficient (Wildman–Crippen LogP) is 4.56. The van der Waals surface area contributed by atoms with E-state index in [9.17, 15) is 4.79 Å². The van der Waals surface area contributed by atoms with Gasteiger partial charge in [-0.05, 0) is 42.5 Å². The second kappa shape index (κ2) is 8.87. The highest BCUT2D eigenvalue weighted by molar-refractivity contribution is 5.90. The fraction of sp³-hybridized carbons (Fsp3) is 0.0417. The van der Waals surface area contributed by atoms with Gasteiger partial charge < -0.3 is 9.47 Å². The molecule has 0 amide bonds. The molecular formula is C24H19N3O3. The van der Waals surface area contributed by atoms with Crippen LogP contribution in [0.1, 0.15) is 5.56 Å². The first kappa shape index (κ1) is 19.1. The van der Waals surface area contributed by atoms with Crippen LogP contribution >= 0.6 is 0 Å². The number of pyridine rings is 1. The first-order chi connectivity index (χ1) is 14.7. The topological polar surface area (TPSA) is 66.2 Å². The van der Waals surface area contributed by atoms with Crippen LogP contribution in [0, 0.1) is 0 Å². The quantitative estimate of drug-likeness (QED) is 0.271. The SMILES string of the molecule is COc1ccccc1OC(=O)/C=C/c1cn(-c2ccccc2)nc1-c1cccnc1. The van der Waals surface area contributed by atoms with Crippen LogP contribution in [0.25, 0.3) is 23.0 Å². The van der Waals surface area contributed by atoms with E-state index in [-0.39, 0.29) is 0 Å². The van der Waals surface area contributed by atoms with E-state index in [0.29, 0.717) is 17.2 Å². The van der Waals surface area contributed by atoms with Gasteiger partial charge in [0, 0.05) is 35.8 Å². The molecule has 0 aliphatic heterocycles. The van der Waals surface area contributed by atoms with Crippen molar-refractivity contribution in [2.45, 2.75) is 0 Å². The third kappa shape index (κ3) is 4.28. The molecule has 0 saturated carbocycles. The molecule has 6 heteroatoms. The van der Waals surface area contributed by atoms with E-state index in [1.165, 1.54) is 13.2 Å². The summed E-state index contributed by atoms with van der Waals surface area (Å²) in [6.07, 6.45) is 8.37. The highest BCUT2D eigenvalue weighted by Gasteiger charge is 2.12. The Hall–Kier alpha value is -4.19. The fourth-order valence-electron chi connectivity index (χ4n) is 2.95. The van der Waals surface area contributed by atoms with Gasteiger partial charge in [0.2, 0.25) is 0 Å². The number of esters is 1. The zero-order valence-corrected chi connectivity index (χ0v) is 16.3. The molecule has 148 valence electrons. The standard InChI is InChI=1S/C24H19N3O3/c1-29-21-11-5-6-12-22(21)30-23(28)14-13-19-17-27(20-9-3-2-4-10-20)26-24(19)18-8-7-15-25-16-18/h2-17H,1H3/b14-13+. The minimum absolute atomic E-state index is 0.363. The lowest BCUT2D eigenvalue weighted by Crippen LogP contribution is -2.04. The normalized spacial score (nSPS) is 10.8. The van der Waals surface area contributed by atoms with Crippen LogP contribution in [-0.2, 0) is 4.79 Å². The number of methoxy groups -OCH3 is 1. The molecular weight excluding hydrogens is 378 g/mol. The van der Waals surface area contributed by atoms with Crippen molar-refractivity contribution in [3.05, 3.63) is 97.0 Å². The summed E-state index contributed by atoms with van der Waals surface area (Å²) in [6, 6.07) is 20.5. The van der Waals surface area contributed by atoms with Crippen molar-refractivity contribution in [3.63, 3.8) is 0 Å². The largest absolute Gasteiger partial charge is 0.493 e. The second-order valence-corrected chi connectivity index (χ2v) is 6.36. The highest BCUT2D eigenvalue weighted by Crippen LogP contribution is 2.27. The highest BCUT2D eigenvalue weighted by atomic mass is 16.6. The number of benzene rings is 2. The van der Waals surface area contributed by atoms with Crippen LogP contribution in [0.2, 0.25) is 0 Å². The maximum atomic E-state index is 12.4. The second-order valence-electron chi connectivity index (χ2n) is 6.36. The lowest BCUT2D eigenvalue weighted by atomic mass is 10.1. The number of aromatic nitrogens is 3. The molecule has 4 rings (SSSR count). The van der Waals surface area contributed by atoms with Crippen molar-refractivity contribution in [1.82, 2.24) is 14.8 Å². The molecule has 0 unspecified atom stereocenters. The Morgan fingerprint density at radius 2 is 1.73 bits per heavy atom. The molecule has 2 heterocycles. The summed E-state index contributed by atoms with van der Waals surface area (Å²) >= 11 is 0. The van der Waals surface area contributed by atoms with E-state index in [4.69, 9.17) is 14.6 Å². The Morgan fingerprint density at radius 1 is 0.967 bits per heavy atom. The Kier molecular flexibility index (Phi) is 5.66. The van der Waals surface area contributed by atoms with E-state index in [1.807, 2.05) is 54.7 Å². The maximum Gasteiger partial charge on any atom is 0.336 e. The Bertz CT molecular complexity index is 1170. The van der Waals surface area contributed by atoms with E-state index in [2.05, 4.69) is 4.98 Å². The van der Waals surface area contributed by atoms with Gasteiger partial charge in [0.05, 0.1) is 12.8 Å². The number of carbonyl (C=O) groups is 1. The van der Waals surface area contributed by atoms with E-state index < -0.39 is 5.97 Å². The molecule has 30 heavy (non-hydrogen) atoms. The molecule has 0 N–H and O–H groups in total. The van der Waals surface area contributed by atoms with Crippen LogP contribution in [0.15, 0.2) is 91.4 Å². The van der Waals surface area contributed by atoms with Crippen molar-refractivity contribution in [3.8, 4) is 28.4 Å². The molecule has 4 aromatic rings. The minimum atomic E-state index is -0.510. The van der Waals surface area contributed by atoms with E-state index in [1.54, 1.807) is 41.4 Å². The number of carbonyl (C=O) groups excluding carboxylic acids is 1. The molecule has 0 radical (unpaired) electrons. The van der Waals surface area contributed by atoms with Gasteiger partial charge in [-0.2, -0.15) is 5.10 Å². The summed E-state index contributed by atoms with van der Waals surface area (Å²) in [7, 11) is 1.53. The van der Waals surface area contributed by atoms with Gasteiger partial charge >= 0.3 is 5.97 Å². The van der Waals surface area contributed by atoms with E-state index >= 15 is 0 Å². The molecule has 2 aromatic carbocycles. The van der Waals surface area contributed by atoms with Gasteiger partial charge in [0.1, 0.15) is 5.69 Å². The first-order valence-corrected chi connectivity index (χ1v) is 9.33. The Balaban J connectivity index is 1.64. The molecule has 0 aliphatic rings. The smallest absolute Gasteiger partial charge is 0.336 e. The summed E-state index contributed by atoms with van der Waals surface area (Å²) in [5.74, 6) is 0.346. The minimum Gasteiger partial charge on any atom is -0.493 e. The van der Waals surface area contributed by atoms with Gasteiger partial charge in [-0.25, -0.2) is 9.48 Å². The molecule has 0 atom stereocenters. The molecule has 0 bridgehead atoms. The van der Waals surface area contributed by atoms with Crippen LogP contribution in [0.4, 0.5) is 0 Å². The molecule has 0 spiro atoms. The third-order valence-electron chi connectivity index (χ3n) is 4.38. The number of para-hydroxylation sites is 3. The number of nitrogens with zero attached hydrogens (tertiary/aromatic N) is 3. The van der Waals surface area contributed by atoms with Crippen molar-refractivity contribution < 1.29 is 14.3 Å². The molecule has 2 aromatic heterocycles. The summed E-state index contributed by atoms with van der Waals surface area (Å²) in [4.78, 5) is 16.5. The van der Waals surface area contributed by atoms with Gasteiger partial charge in [0.25, 0.3) is 0 Å². The van der Waals surface area contributed by atoms with Crippen molar-refractivity contribution in [2.75, 3.05) is 7.11 Å². The maximum absolute atomic E-state index is 12.4. The average molecular weight is 397 g/mol. The van der Waals surface area contributed by atoms with E-state index in [0.717, 1.165) is 16.8 Å². The summed E-state index contributed by atoms with van der Waals surface area (Å²) in [5.41, 5.74) is 3.25. The molecule has 6 nitrogen and oxygen atoms in total. The lowest BCUT2D eigenvalue weighted by molar-refractivity contribution is -0.129. The predicted molar refractivity (Wildman–Crippen MR) is 114 cm³/mol. The van der Waals surface area contributed by atoms with Gasteiger partial charge in [0.15, 0.2) is 11.5 Å². The van der Waals surface area contributed by atoms with Crippen molar-refractivity contribution >= 4 is 12.0 Å². The van der Waals surface area contributed by atoms with Gasteiger partial charge in [-0.15, -0.1) is 0 Å². The molecule has 0 saturated heterocycles. The lowest BCUT2D eigenvalue weighted by Gasteiger charge is -2.06. The van der Waals surface area contributed by atoms with Crippen molar-refractivity contribution in [2.24, 2.45) is 0 Å². The average Bonchev–Trinajstić information content (AvgIpc) is 3.24. The molecule has 0 fully saturated rings. The number of hydrogen-bond acceptors (Lipinski definition) is 5. The fourth-order valence-corrected chi connectivity index (χ4v) is 2.95. The number of ether oxygens (including phenoxy) is 2. The number of rotatable bonds is 6. The summed E-state index contributed by atoms with van der Waals surface area (Å²) in [6.45, 7) is 0. The van der Waals surface area contributed by atoms with Crippen LogP contribution in [0.3, 0.4) is 0 Å². The third-order valence-corrected chi connectivity index (χ3v) is 4.38. The monoisotopic (exact) mass is 397 g/mol. The summed E-state index contributed by atoms with van der Waals surface area (Å²) in [5, 5.41) is 4.69. The summed E-state index contributed by atoms with van der Waals surface area (Å²) < 4.78 is 12.4. The van der Waals surface area contributed by atoms with Gasteiger partial charge in [-0.1, -0.05) is 30.3 Å². The van der Waals surface area contributed by atoms with Gasteiger partial charge in [-0.3, -0.25) is 4.98 Å². The van der Waals surface area contributed by atoms with Crippen molar-refractivity contribution in [1.29, 1.82) is 0 Å². The number of hydrogen-bond donors (Lipinski definition) is 0. The Morgan fingerprint density at radius 3 is 2.47 bits per heavy atom.